The molecule has 0 spiro atoms. The van der Waals surface area contributed by atoms with Crippen LogP contribution in [0.25, 0.3) is 0 Å². The van der Waals surface area contributed by atoms with Crippen LogP contribution in [0.4, 0.5) is 0 Å². The van der Waals surface area contributed by atoms with Gasteiger partial charge in [-0.3, -0.25) is 14.4 Å². The first kappa shape index (κ1) is 25.7. The minimum atomic E-state index is -0.652. The first-order valence-electron chi connectivity index (χ1n) is 11.6. The monoisotopic (exact) mass is 484 g/mol. The van der Waals surface area contributed by atoms with E-state index < -0.39 is 6.04 Å². The highest BCUT2D eigenvalue weighted by molar-refractivity contribution is 6.30. The van der Waals surface area contributed by atoms with Crippen molar-refractivity contribution >= 4 is 29.3 Å². The van der Waals surface area contributed by atoms with Gasteiger partial charge in [0.25, 0.3) is 11.8 Å². The number of halogens is 1. The number of benzene rings is 2. The highest BCUT2D eigenvalue weighted by atomic mass is 35.5. The third-order valence-electron chi connectivity index (χ3n) is 5.89. The molecule has 0 radical (unpaired) electrons. The van der Waals surface area contributed by atoms with Gasteiger partial charge in [-0.2, -0.15) is 0 Å². The van der Waals surface area contributed by atoms with Gasteiger partial charge in [0.15, 0.2) is 0 Å². The number of likely N-dealkylation sites (N-methyl/N-ethyl adjacent to an activating group) is 1. The van der Waals surface area contributed by atoms with Crippen molar-refractivity contribution in [3.8, 4) is 0 Å². The van der Waals surface area contributed by atoms with Crippen LogP contribution < -0.4 is 10.6 Å². The van der Waals surface area contributed by atoms with E-state index in [9.17, 15) is 14.4 Å². The Morgan fingerprint density at radius 3 is 2.09 bits per heavy atom. The van der Waals surface area contributed by atoms with Gasteiger partial charge >= 0.3 is 0 Å². The fourth-order valence-corrected chi connectivity index (χ4v) is 3.94. The maximum atomic E-state index is 12.9. The summed E-state index contributed by atoms with van der Waals surface area (Å²) in [6.07, 6.45) is 0.517. The van der Waals surface area contributed by atoms with Crippen LogP contribution in [0.2, 0.25) is 5.02 Å². The fourth-order valence-electron chi connectivity index (χ4n) is 3.82. The quantitative estimate of drug-likeness (QED) is 0.603. The number of piperazine rings is 1. The predicted molar refractivity (Wildman–Crippen MR) is 134 cm³/mol. The van der Waals surface area contributed by atoms with Crippen molar-refractivity contribution in [2.75, 3.05) is 33.2 Å². The lowest BCUT2D eigenvalue weighted by Crippen LogP contribution is -2.47. The molecule has 0 aromatic heterocycles. The third-order valence-corrected chi connectivity index (χ3v) is 6.15. The Hall–Kier alpha value is -2.90. The summed E-state index contributed by atoms with van der Waals surface area (Å²) in [7, 11) is 2.06. The van der Waals surface area contributed by atoms with Crippen LogP contribution in [0.1, 0.15) is 46.5 Å². The summed E-state index contributed by atoms with van der Waals surface area (Å²) in [4.78, 5) is 42.3. The second-order valence-electron chi connectivity index (χ2n) is 9.17. The maximum absolute atomic E-state index is 12.9. The average molecular weight is 485 g/mol. The molecule has 1 aliphatic heterocycles. The summed E-state index contributed by atoms with van der Waals surface area (Å²) in [6.45, 7) is 7.53. The van der Waals surface area contributed by atoms with Crippen LogP contribution in [-0.4, -0.2) is 66.8 Å². The molecule has 1 unspecified atom stereocenters. The van der Waals surface area contributed by atoms with E-state index >= 15 is 0 Å². The molecule has 182 valence electrons. The van der Waals surface area contributed by atoms with Gasteiger partial charge in [0.2, 0.25) is 5.91 Å². The van der Waals surface area contributed by atoms with Crippen LogP contribution >= 0.6 is 11.6 Å². The fraction of sp³-hybridized carbons (Fsp3) is 0.423. The van der Waals surface area contributed by atoms with E-state index in [0.29, 0.717) is 29.1 Å². The van der Waals surface area contributed by atoms with Gasteiger partial charge in [-0.15, -0.1) is 0 Å². The maximum Gasteiger partial charge on any atom is 0.253 e. The van der Waals surface area contributed by atoms with Crippen molar-refractivity contribution < 1.29 is 14.4 Å². The van der Waals surface area contributed by atoms with Crippen LogP contribution in [0, 0.1) is 5.92 Å². The lowest BCUT2D eigenvalue weighted by Gasteiger charge is -2.32. The van der Waals surface area contributed by atoms with Crippen LogP contribution in [0.3, 0.4) is 0 Å². The van der Waals surface area contributed by atoms with Gasteiger partial charge in [0.05, 0.1) is 0 Å². The zero-order valence-corrected chi connectivity index (χ0v) is 20.8. The zero-order chi connectivity index (χ0) is 24.7. The van der Waals surface area contributed by atoms with Crippen molar-refractivity contribution in [3.05, 3.63) is 70.2 Å². The number of hydrogen-bond acceptors (Lipinski definition) is 4. The van der Waals surface area contributed by atoms with Crippen molar-refractivity contribution in [2.24, 2.45) is 5.92 Å². The molecule has 7 nitrogen and oxygen atoms in total. The van der Waals surface area contributed by atoms with E-state index in [2.05, 4.69) is 22.6 Å². The predicted octanol–water partition coefficient (Wildman–Crippen LogP) is 3.19. The number of amides is 3. The molecule has 0 aliphatic carbocycles. The molecule has 1 heterocycles. The van der Waals surface area contributed by atoms with Crippen LogP contribution in [0.5, 0.6) is 0 Å². The molecular weight excluding hydrogens is 452 g/mol. The number of nitrogens with zero attached hydrogens (tertiary/aromatic N) is 2. The largest absolute Gasteiger partial charge is 0.350 e. The summed E-state index contributed by atoms with van der Waals surface area (Å²) in [5.74, 6) is -0.301. The number of rotatable bonds is 8. The molecule has 8 heteroatoms. The Labute approximate surface area is 206 Å². The number of hydrogen-bond donors (Lipinski definition) is 2. The highest BCUT2D eigenvalue weighted by Crippen LogP contribution is 2.13. The van der Waals surface area contributed by atoms with Crippen molar-refractivity contribution in [2.45, 2.75) is 32.9 Å². The van der Waals surface area contributed by atoms with Gasteiger partial charge in [-0.25, -0.2) is 0 Å². The lowest BCUT2D eigenvalue weighted by molar-refractivity contribution is -0.123. The molecule has 1 saturated heterocycles. The Bertz CT molecular complexity index is 984. The van der Waals surface area contributed by atoms with Gasteiger partial charge in [-0.05, 0) is 61.3 Å². The molecule has 1 atom stereocenters. The van der Waals surface area contributed by atoms with E-state index in [1.54, 1.807) is 36.4 Å². The smallest absolute Gasteiger partial charge is 0.253 e. The SMILES string of the molecule is CC(C)CC(NC(=O)c1ccc(Cl)cc1)C(=O)NCc1ccc(C(=O)N2CCN(C)CC2)cc1. The Morgan fingerprint density at radius 1 is 0.912 bits per heavy atom. The molecule has 0 bridgehead atoms. The van der Waals surface area contributed by atoms with Gasteiger partial charge in [-0.1, -0.05) is 37.6 Å². The van der Waals surface area contributed by atoms with Gasteiger partial charge < -0.3 is 20.4 Å². The zero-order valence-electron chi connectivity index (χ0n) is 20.0. The molecule has 34 heavy (non-hydrogen) atoms. The minimum absolute atomic E-state index is 0.0330. The molecule has 2 aromatic rings. The summed E-state index contributed by atoms with van der Waals surface area (Å²) in [5.41, 5.74) is 1.98. The number of carbonyl (C=O) groups is 3. The molecule has 2 N–H and O–H groups in total. The average Bonchev–Trinajstić information content (AvgIpc) is 2.82. The Morgan fingerprint density at radius 2 is 1.50 bits per heavy atom. The van der Waals surface area contributed by atoms with Crippen LogP contribution in [-0.2, 0) is 11.3 Å². The molecule has 3 amide bonds. The van der Waals surface area contributed by atoms with Gasteiger partial charge in [0.1, 0.15) is 6.04 Å². The van der Waals surface area contributed by atoms with E-state index in [1.165, 1.54) is 0 Å². The second-order valence-corrected chi connectivity index (χ2v) is 9.61. The second kappa shape index (κ2) is 12.0. The van der Waals surface area contributed by atoms with E-state index in [-0.39, 0.29) is 23.6 Å². The number of carbonyl (C=O) groups excluding carboxylic acids is 3. The Kier molecular flexibility index (Phi) is 9.07. The normalized spacial score (nSPS) is 15.1. The van der Waals surface area contributed by atoms with E-state index in [1.807, 2.05) is 30.9 Å². The first-order chi connectivity index (χ1) is 16.2. The van der Waals surface area contributed by atoms with Gasteiger partial charge in [0, 0.05) is 48.9 Å². The molecule has 1 fully saturated rings. The molecule has 2 aromatic carbocycles. The van der Waals surface area contributed by atoms with Crippen molar-refractivity contribution in [1.82, 2.24) is 20.4 Å². The Balaban J connectivity index is 1.56. The highest BCUT2D eigenvalue weighted by Gasteiger charge is 2.23. The lowest BCUT2D eigenvalue weighted by atomic mass is 10.0. The molecule has 1 aliphatic rings. The minimum Gasteiger partial charge on any atom is -0.350 e. The molecule has 3 rings (SSSR count). The summed E-state index contributed by atoms with van der Waals surface area (Å²) in [5, 5.41) is 6.29. The van der Waals surface area contributed by atoms with Crippen molar-refractivity contribution in [3.63, 3.8) is 0 Å². The van der Waals surface area contributed by atoms with Crippen LogP contribution in [0.15, 0.2) is 48.5 Å². The van der Waals surface area contributed by atoms with Crippen molar-refractivity contribution in [1.29, 1.82) is 0 Å². The van der Waals surface area contributed by atoms with E-state index in [0.717, 1.165) is 31.7 Å². The topological polar surface area (TPSA) is 81.8 Å². The summed E-state index contributed by atoms with van der Waals surface area (Å²) in [6, 6.07) is 13.2. The number of nitrogens with one attached hydrogen (secondary N) is 2. The standard InChI is InChI=1S/C26H33ClN4O3/c1-18(2)16-23(29-24(32)20-8-10-22(27)11-9-20)25(33)28-17-19-4-6-21(7-5-19)26(34)31-14-12-30(3)13-15-31/h4-11,18,23H,12-17H2,1-3H3,(H,28,33)(H,29,32). The third kappa shape index (κ3) is 7.30. The van der Waals surface area contributed by atoms with E-state index in [4.69, 9.17) is 11.6 Å². The molecular formula is C26H33ClN4O3. The summed E-state index contributed by atoms with van der Waals surface area (Å²) < 4.78 is 0. The first-order valence-corrected chi connectivity index (χ1v) is 12.0. The molecule has 0 saturated carbocycles. The summed E-state index contributed by atoms with van der Waals surface area (Å²) >= 11 is 5.89.